The van der Waals surface area contributed by atoms with Gasteiger partial charge in [-0.2, -0.15) is 0 Å². The standard InChI is InChI=1S/C6H16N5OP/c1-5(2)8-13(12,11-10-7)9-6(3)4/h5-6H,1-4H3,(H2,8,9,12). The lowest BCUT2D eigenvalue weighted by Crippen LogP contribution is -2.30. The average molecular weight is 205 g/mol. The van der Waals surface area contributed by atoms with Crippen molar-refractivity contribution in [3.8, 4) is 0 Å². The van der Waals surface area contributed by atoms with Crippen LogP contribution in [0.25, 0.3) is 10.4 Å². The summed E-state index contributed by atoms with van der Waals surface area (Å²) in [6.45, 7) is 7.34. The summed E-state index contributed by atoms with van der Waals surface area (Å²) in [5.41, 5.74) is 8.23. The predicted molar refractivity (Wildman–Crippen MR) is 53.3 cm³/mol. The summed E-state index contributed by atoms with van der Waals surface area (Å²) in [6.07, 6.45) is 0. The lowest BCUT2D eigenvalue weighted by atomic mass is 10.4. The number of hydrogen-bond donors (Lipinski definition) is 2. The molecule has 76 valence electrons. The Bertz CT molecular complexity index is 231. The van der Waals surface area contributed by atoms with E-state index in [1.807, 2.05) is 27.7 Å². The highest BCUT2D eigenvalue weighted by atomic mass is 31.2. The normalized spacial score (nSPS) is 11.8. The molecule has 0 unspecified atom stereocenters. The van der Waals surface area contributed by atoms with Crippen LogP contribution in [0.4, 0.5) is 0 Å². The molecule has 0 spiro atoms. The van der Waals surface area contributed by atoms with Gasteiger partial charge in [0, 0.05) is 21.9 Å². The molecule has 0 radical (unpaired) electrons. The molecular formula is C6H16N5OP. The summed E-state index contributed by atoms with van der Waals surface area (Å²) in [4.78, 5) is 5.80. The molecule has 0 fully saturated rings. The topological polar surface area (TPSA) is 89.9 Å². The van der Waals surface area contributed by atoms with Crippen LogP contribution in [0.3, 0.4) is 0 Å². The molecular weight excluding hydrogens is 189 g/mol. The van der Waals surface area contributed by atoms with Crippen molar-refractivity contribution in [3.63, 3.8) is 0 Å². The number of nitrogens with one attached hydrogen (secondary N) is 2. The summed E-state index contributed by atoms with van der Waals surface area (Å²) < 4.78 is 11.8. The van der Waals surface area contributed by atoms with Gasteiger partial charge in [0.2, 0.25) is 0 Å². The van der Waals surface area contributed by atoms with Gasteiger partial charge in [-0.1, -0.05) is 0 Å². The third-order valence-electron chi connectivity index (χ3n) is 1.03. The maximum Gasteiger partial charge on any atom is 0.298 e. The highest BCUT2D eigenvalue weighted by Crippen LogP contribution is 2.38. The minimum atomic E-state index is -3.12. The second-order valence-corrected chi connectivity index (χ2v) is 5.17. The van der Waals surface area contributed by atoms with Crippen molar-refractivity contribution < 1.29 is 4.57 Å². The van der Waals surface area contributed by atoms with Crippen LogP contribution < -0.4 is 10.2 Å². The maximum absolute atomic E-state index is 11.8. The summed E-state index contributed by atoms with van der Waals surface area (Å²) >= 11 is 0. The maximum atomic E-state index is 11.8. The van der Waals surface area contributed by atoms with E-state index >= 15 is 0 Å². The second kappa shape index (κ2) is 5.25. The third-order valence-corrected chi connectivity index (χ3v) is 3.10. The van der Waals surface area contributed by atoms with Crippen LogP contribution in [0.5, 0.6) is 0 Å². The monoisotopic (exact) mass is 205 g/mol. The van der Waals surface area contributed by atoms with Crippen LogP contribution in [0.15, 0.2) is 4.88 Å². The van der Waals surface area contributed by atoms with Crippen LogP contribution in [0.2, 0.25) is 0 Å². The number of azide groups is 1. The van der Waals surface area contributed by atoms with E-state index in [4.69, 9.17) is 5.53 Å². The van der Waals surface area contributed by atoms with Gasteiger partial charge >= 0.3 is 0 Å². The Kier molecular flexibility index (Phi) is 5.03. The average Bonchev–Trinajstić information content (AvgIpc) is 1.81. The van der Waals surface area contributed by atoms with E-state index in [2.05, 4.69) is 20.0 Å². The number of rotatable bonds is 5. The van der Waals surface area contributed by atoms with Gasteiger partial charge < -0.3 is 0 Å². The fraction of sp³-hybridized carbons (Fsp3) is 1.00. The molecule has 0 amide bonds. The fourth-order valence-electron chi connectivity index (χ4n) is 0.845. The molecule has 13 heavy (non-hydrogen) atoms. The van der Waals surface area contributed by atoms with Crippen molar-refractivity contribution in [1.82, 2.24) is 10.2 Å². The molecule has 0 aliphatic heterocycles. The van der Waals surface area contributed by atoms with Gasteiger partial charge in [0.1, 0.15) is 0 Å². The Hall–Kier alpha value is -0.540. The first kappa shape index (κ1) is 12.5. The number of hydrogen-bond acceptors (Lipinski definition) is 1. The van der Waals surface area contributed by atoms with Crippen LogP contribution in [0.1, 0.15) is 27.7 Å². The van der Waals surface area contributed by atoms with E-state index in [0.717, 1.165) is 0 Å². The van der Waals surface area contributed by atoms with Crippen LogP contribution >= 0.6 is 7.59 Å². The lowest BCUT2D eigenvalue weighted by Gasteiger charge is -2.19. The quantitative estimate of drug-likeness (QED) is 0.312. The van der Waals surface area contributed by atoms with Gasteiger partial charge in [-0.15, -0.1) is 0 Å². The van der Waals surface area contributed by atoms with Crippen molar-refractivity contribution in [2.45, 2.75) is 39.8 Å². The van der Waals surface area contributed by atoms with Crippen molar-refractivity contribution in [1.29, 1.82) is 0 Å². The first-order valence-corrected chi connectivity index (χ1v) is 5.78. The van der Waals surface area contributed by atoms with Gasteiger partial charge in [-0.05, 0) is 33.2 Å². The highest BCUT2D eigenvalue weighted by Gasteiger charge is 2.21. The van der Waals surface area contributed by atoms with Gasteiger partial charge in [0.15, 0.2) is 0 Å². The summed E-state index contributed by atoms with van der Waals surface area (Å²) in [6, 6.07) is 0.00478. The Balaban J connectivity index is 4.53. The summed E-state index contributed by atoms with van der Waals surface area (Å²) in [7, 11) is -3.12. The first-order chi connectivity index (χ1) is 5.89. The third kappa shape index (κ3) is 5.66. The Morgan fingerprint density at radius 3 is 1.85 bits per heavy atom. The second-order valence-electron chi connectivity index (χ2n) is 3.32. The Morgan fingerprint density at radius 1 is 1.23 bits per heavy atom. The van der Waals surface area contributed by atoms with E-state index in [-0.39, 0.29) is 12.1 Å². The minimum Gasteiger partial charge on any atom is -0.282 e. The molecule has 7 heteroatoms. The minimum absolute atomic E-state index is 0.00239. The molecule has 0 atom stereocenters. The summed E-state index contributed by atoms with van der Waals surface area (Å²) in [5.74, 6) is 0. The molecule has 0 aliphatic rings. The molecule has 2 N–H and O–H groups in total. The Morgan fingerprint density at radius 2 is 1.62 bits per heavy atom. The molecule has 0 saturated carbocycles. The Labute approximate surface area is 78.3 Å². The molecule has 0 saturated heterocycles. The molecule has 0 aromatic heterocycles. The molecule has 0 rings (SSSR count). The first-order valence-electron chi connectivity index (χ1n) is 4.12. The van der Waals surface area contributed by atoms with Gasteiger partial charge in [-0.3, -0.25) is 4.57 Å². The zero-order chi connectivity index (χ0) is 10.5. The smallest absolute Gasteiger partial charge is 0.282 e. The van der Waals surface area contributed by atoms with Crippen LogP contribution in [-0.2, 0) is 4.57 Å². The van der Waals surface area contributed by atoms with Crippen LogP contribution in [-0.4, -0.2) is 12.1 Å². The van der Waals surface area contributed by atoms with E-state index in [9.17, 15) is 4.57 Å². The van der Waals surface area contributed by atoms with Crippen molar-refractivity contribution in [2.24, 2.45) is 4.88 Å². The summed E-state index contributed by atoms with van der Waals surface area (Å²) in [5, 5.41) is 5.42. The molecule has 0 heterocycles. The largest absolute Gasteiger partial charge is 0.298 e. The lowest BCUT2D eigenvalue weighted by molar-refractivity contribution is 0.535. The van der Waals surface area contributed by atoms with Gasteiger partial charge in [0.25, 0.3) is 7.59 Å². The highest BCUT2D eigenvalue weighted by molar-refractivity contribution is 7.58. The van der Waals surface area contributed by atoms with E-state index < -0.39 is 7.59 Å². The predicted octanol–water partition coefficient (Wildman–Crippen LogP) is 2.40. The van der Waals surface area contributed by atoms with E-state index in [1.54, 1.807) is 0 Å². The van der Waals surface area contributed by atoms with Crippen molar-refractivity contribution in [2.75, 3.05) is 0 Å². The van der Waals surface area contributed by atoms with Crippen molar-refractivity contribution in [3.05, 3.63) is 10.4 Å². The van der Waals surface area contributed by atoms with Crippen LogP contribution in [0, 0.1) is 0 Å². The fourth-order valence-corrected chi connectivity index (χ4v) is 2.54. The SMILES string of the molecule is CC(C)NP(=O)(N=[N+]=[N-])NC(C)C. The molecule has 6 nitrogen and oxygen atoms in total. The molecule has 0 aromatic carbocycles. The molecule has 0 aliphatic carbocycles. The molecule has 0 aromatic rings. The van der Waals surface area contributed by atoms with E-state index in [1.165, 1.54) is 0 Å². The van der Waals surface area contributed by atoms with Gasteiger partial charge in [0.05, 0.1) is 0 Å². The zero-order valence-corrected chi connectivity index (χ0v) is 9.25. The van der Waals surface area contributed by atoms with Crippen molar-refractivity contribution >= 4 is 7.59 Å². The zero-order valence-electron chi connectivity index (χ0n) is 8.35. The van der Waals surface area contributed by atoms with E-state index in [0.29, 0.717) is 0 Å². The van der Waals surface area contributed by atoms with Gasteiger partial charge in [-0.25, -0.2) is 10.2 Å². The number of nitrogens with zero attached hydrogens (tertiary/aromatic N) is 3. The molecule has 0 bridgehead atoms.